The molecule has 1 unspecified atom stereocenters. The highest BCUT2D eigenvalue weighted by Gasteiger charge is 1.98. The van der Waals surface area contributed by atoms with Crippen LogP contribution in [0.4, 0.5) is 0 Å². The number of unbranched alkanes of at least 4 members (excludes halogenated alkanes) is 1. The maximum absolute atomic E-state index is 5.55. The molecular weight excluding hydrogens is 174 g/mol. The van der Waals surface area contributed by atoms with Gasteiger partial charge in [-0.25, -0.2) is 0 Å². The molecule has 0 aromatic carbocycles. The van der Waals surface area contributed by atoms with Crippen LogP contribution in [0, 0.1) is 0 Å². The Kier molecular flexibility index (Phi) is 9.46. The molecule has 0 aromatic rings. The largest absolute Gasteiger partial charge is 0.385 e. The van der Waals surface area contributed by atoms with E-state index in [1.54, 1.807) is 7.11 Å². The van der Waals surface area contributed by atoms with Crippen molar-refractivity contribution in [2.75, 3.05) is 26.1 Å². The van der Waals surface area contributed by atoms with Crippen molar-refractivity contribution >= 4 is 11.6 Å². The SMILES string of the molecule is COCCC(C)NCCCCCl. The van der Waals surface area contributed by atoms with Gasteiger partial charge in [0.05, 0.1) is 0 Å². The third kappa shape index (κ3) is 8.31. The van der Waals surface area contributed by atoms with Gasteiger partial charge in [0.25, 0.3) is 0 Å². The first-order valence-electron chi connectivity index (χ1n) is 4.59. The van der Waals surface area contributed by atoms with Crippen molar-refractivity contribution in [3.63, 3.8) is 0 Å². The summed E-state index contributed by atoms with van der Waals surface area (Å²) in [5, 5.41) is 3.41. The molecule has 0 aliphatic rings. The summed E-state index contributed by atoms with van der Waals surface area (Å²) in [6, 6.07) is 0.556. The zero-order valence-electron chi connectivity index (χ0n) is 8.11. The van der Waals surface area contributed by atoms with Gasteiger partial charge in [-0.05, 0) is 32.7 Å². The first-order chi connectivity index (χ1) is 5.81. The molecule has 0 rings (SSSR count). The maximum Gasteiger partial charge on any atom is 0.0476 e. The summed E-state index contributed by atoms with van der Waals surface area (Å²) in [5.41, 5.74) is 0. The molecular formula is C9H20ClNO. The van der Waals surface area contributed by atoms with E-state index in [0.29, 0.717) is 6.04 Å². The fourth-order valence-electron chi connectivity index (χ4n) is 0.965. The smallest absolute Gasteiger partial charge is 0.0476 e. The molecule has 0 spiro atoms. The topological polar surface area (TPSA) is 21.3 Å². The molecule has 0 radical (unpaired) electrons. The van der Waals surface area contributed by atoms with Crippen LogP contribution in [-0.2, 0) is 4.74 Å². The normalized spacial score (nSPS) is 13.2. The Morgan fingerprint density at radius 2 is 2.17 bits per heavy atom. The number of hydrogen-bond acceptors (Lipinski definition) is 2. The number of methoxy groups -OCH3 is 1. The van der Waals surface area contributed by atoms with Crippen LogP contribution in [0.2, 0.25) is 0 Å². The van der Waals surface area contributed by atoms with Crippen LogP contribution >= 0.6 is 11.6 Å². The van der Waals surface area contributed by atoms with E-state index in [-0.39, 0.29) is 0 Å². The molecule has 0 bridgehead atoms. The van der Waals surface area contributed by atoms with E-state index in [9.17, 15) is 0 Å². The maximum atomic E-state index is 5.55. The van der Waals surface area contributed by atoms with E-state index in [2.05, 4.69) is 12.2 Å². The van der Waals surface area contributed by atoms with E-state index in [1.165, 1.54) is 6.42 Å². The molecule has 3 heteroatoms. The highest BCUT2D eigenvalue weighted by atomic mass is 35.5. The van der Waals surface area contributed by atoms with E-state index < -0.39 is 0 Å². The highest BCUT2D eigenvalue weighted by Crippen LogP contribution is 1.93. The first kappa shape index (κ1) is 12.2. The minimum Gasteiger partial charge on any atom is -0.385 e. The Morgan fingerprint density at radius 1 is 1.42 bits per heavy atom. The van der Waals surface area contributed by atoms with Crippen LogP contribution in [0.3, 0.4) is 0 Å². The summed E-state index contributed by atoms with van der Waals surface area (Å²) in [7, 11) is 1.74. The lowest BCUT2D eigenvalue weighted by Crippen LogP contribution is -2.28. The Morgan fingerprint density at radius 3 is 2.75 bits per heavy atom. The summed E-state index contributed by atoms with van der Waals surface area (Å²) in [4.78, 5) is 0. The Hall–Kier alpha value is 0.210. The molecule has 0 aliphatic heterocycles. The van der Waals surface area contributed by atoms with Crippen molar-refractivity contribution in [1.82, 2.24) is 5.32 Å². The standard InChI is InChI=1S/C9H20ClNO/c1-9(5-8-12-2)11-7-4-3-6-10/h9,11H,3-8H2,1-2H3. The average molecular weight is 194 g/mol. The molecule has 0 aromatic heterocycles. The van der Waals surface area contributed by atoms with Crippen LogP contribution < -0.4 is 5.32 Å². The molecule has 0 amide bonds. The lowest BCUT2D eigenvalue weighted by Gasteiger charge is -2.12. The van der Waals surface area contributed by atoms with E-state index in [0.717, 1.165) is 31.9 Å². The number of nitrogens with one attached hydrogen (secondary N) is 1. The molecule has 1 N–H and O–H groups in total. The Balaban J connectivity index is 3.02. The molecule has 0 heterocycles. The van der Waals surface area contributed by atoms with Gasteiger partial charge in [-0.15, -0.1) is 11.6 Å². The van der Waals surface area contributed by atoms with Gasteiger partial charge < -0.3 is 10.1 Å². The number of rotatable bonds is 8. The Bertz CT molecular complexity index is 90.6. The number of ether oxygens (including phenoxy) is 1. The second-order valence-corrected chi connectivity index (χ2v) is 3.41. The molecule has 0 fully saturated rings. The quantitative estimate of drug-likeness (QED) is 0.471. The van der Waals surface area contributed by atoms with Crippen molar-refractivity contribution in [1.29, 1.82) is 0 Å². The summed E-state index contributed by atoms with van der Waals surface area (Å²) in [5.74, 6) is 0.772. The van der Waals surface area contributed by atoms with Crippen molar-refractivity contribution in [3.8, 4) is 0 Å². The molecule has 0 saturated heterocycles. The van der Waals surface area contributed by atoms with Crippen molar-refractivity contribution in [2.45, 2.75) is 32.2 Å². The highest BCUT2D eigenvalue weighted by molar-refractivity contribution is 6.17. The second kappa shape index (κ2) is 9.30. The zero-order valence-corrected chi connectivity index (χ0v) is 8.86. The molecule has 12 heavy (non-hydrogen) atoms. The monoisotopic (exact) mass is 193 g/mol. The first-order valence-corrected chi connectivity index (χ1v) is 5.13. The summed E-state index contributed by atoms with van der Waals surface area (Å²) in [6.45, 7) is 4.08. The second-order valence-electron chi connectivity index (χ2n) is 3.03. The summed E-state index contributed by atoms with van der Waals surface area (Å²) < 4.78 is 4.98. The summed E-state index contributed by atoms with van der Waals surface area (Å²) in [6.07, 6.45) is 3.35. The van der Waals surface area contributed by atoms with E-state index in [1.807, 2.05) is 0 Å². The molecule has 2 nitrogen and oxygen atoms in total. The number of alkyl halides is 1. The van der Waals surface area contributed by atoms with Crippen LogP contribution in [0.1, 0.15) is 26.2 Å². The predicted octanol–water partition coefficient (Wildman–Crippen LogP) is 2.02. The fraction of sp³-hybridized carbons (Fsp3) is 1.00. The lowest BCUT2D eigenvalue weighted by molar-refractivity contribution is 0.185. The summed E-state index contributed by atoms with van der Waals surface area (Å²) >= 11 is 5.55. The van der Waals surface area contributed by atoms with Gasteiger partial charge in [0.2, 0.25) is 0 Å². The van der Waals surface area contributed by atoms with Gasteiger partial charge in [-0.2, -0.15) is 0 Å². The minimum absolute atomic E-state index is 0.556. The van der Waals surface area contributed by atoms with Gasteiger partial charge in [0.15, 0.2) is 0 Å². The van der Waals surface area contributed by atoms with Crippen LogP contribution in [-0.4, -0.2) is 32.2 Å². The molecule has 74 valence electrons. The van der Waals surface area contributed by atoms with Crippen molar-refractivity contribution < 1.29 is 4.74 Å². The third-order valence-corrected chi connectivity index (χ3v) is 2.08. The zero-order chi connectivity index (χ0) is 9.23. The van der Waals surface area contributed by atoms with Crippen LogP contribution in [0.5, 0.6) is 0 Å². The van der Waals surface area contributed by atoms with Crippen LogP contribution in [0.15, 0.2) is 0 Å². The van der Waals surface area contributed by atoms with E-state index in [4.69, 9.17) is 16.3 Å². The van der Waals surface area contributed by atoms with Crippen molar-refractivity contribution in [2.24, 2.45) is 0 Å². The lowest BCUT2D eigenvalue weighted by atomic mass is 10.2. The Labute approximate surface area is 80.6 Å². The third-order valence-electron chi connectivity index (χ3n) is 1.81. The average Bonchev–Trinajstić information content (AvgIpc) is 2.09. The molecule has 0 aliphatic carbocycles. The van der Waals surface area contributed by atoms with Gasteiger partial charge >= 0.3 is 0 Å². The van der Waals surface area contributed by atoms with Crippen LogP contribution in [0.25, 0.3) is 0 Å². The molecule has 0 saturated carbocycles. The minimum atomic E-state index is 0.556. The fourth-order valence-corrected chi connectivity index (χ4v) is 1.15. The number of hydrogen-bond donors (Lipinski definition) is 1. The van der Waals surface area contributed by atoms with Gasteiger partial charge in [-0.3, -0.25) is 0 Å². The van der Waals surface area contributed by atoms with E-state index >= 15 is 0 Å². The van der Waals surface area contributed by atoms with Crippen molar-refractivity contribution in [3.05, 3.63) is 0 Å². The predicted molar refractivity (Wildman–Crippen MR) is 53.9 cm³/mol. The number of halogens is 1. The van der Waals surface area contributed by atoms with Gasteiger partial charge in [0.1, 0.15) is 0 Å². The van der Waals surface area contributed by atoms with Gasteiger partial charge in [-0.1, -0.05) is 0 Å². The molecule has 1 atom stereocenters. The van der Waals surface area contributed by atoms with Gasteiger partial charge in [0, 0.05) is 25.6 Å².